The lowest BCUT2D eigenvalue weighted by atomic mass is 10.1. The zero-order valence-corrected chi connectivity index (χ0v) is 17.2. The Morgan fingerprint density at radius 1 is 1.17 bits per heavy atom. The number of hydrogen-bond donors (Lipinski definition) is 0. The van der Waals surface area contributed by atoms with Crippen molar-refractivity contribution >= 4 is 35.3 Å². The maximum Gasteiger partial charge on any atom is 0.264 e. The Morgan fingerprint density at radius 2 is 1.93 bits per heavy atom. The van der Waals surface area contributed by atoms with Crippen molar-refractivity contribution in [1.82, 2.24) is 4.90 Å². The molecule has 2 aliphatic rings. The van der Waals surface area contributed by atoms with Crippen molar-refractivity contribution in [3.05, 3.63) is 58.5 Å². The van der Waals surface area contributed by atoms with Crippen molar-refractivity contribution in [1.29, 1.82) is 0 Å². The molecule has 1 saturated heterocycles. The second kappa shape index (κ2) is 8.31. The molecule has 0 N–H and O–H groups in total. The number of carbonyl (C=O) groups excluding carboxylic acids is 2. The van der Waals surface area contributed by atoms with Crippen LogP contribution in [0.5, 0.6) is 5.75 Å². The third-order valence-electron chi connectivity index (χ3n) is 5.03. The Morgan fingerprint density at radius 3 is 2.69 bits per heavy atom. The van der Waals surface area contributed by atoms with E-state index in [9.17, 15) is 9.59 Å². The Bertz CT molecular complexity index is 983. The SMILES string of the molecule is COc1ccccc1/C=C1\Sc2ccc(C(=O)N3CCOCC3)cc2N(C)C1=O. The lowest BCUT2D eigenvalue weighted by Crippen LogP contribution is -2.40. The molecule has 2 aromatic rings. The number of rotatable bonds is 3. The van der Waals surface area contributed by atoms with Gasteiger partial charge in [-0.25, -0.2) is 0 Å². The monoisotopic (exact) mass is 410 g/mol. The van der Waals surface area contributed by atoms with E-state index in [1.807, 2.05) is 42.5 Å². The van der Waals surface area contributed by atoms with Gasteiger partial charge >= 0.3 is 0 Å². The lowest BCUT2D eigenvalue weighted by molar-refractivity contribution is -0.114. The van der Waals surface area contributed by atoms with Crippen LogP contribution in [0.1, 0.15) is 15.9 Å². The molecule has 2 aromatic carbocycles. The number of thioether (sulfide) groups is 1. The molecule has 0 bridgehead atoms. The van der Waals surface area contributed by atoms with E-state index in [0.717, 1.165) is 16.1 Å². The first-order chi connectivity index (χ1) is 14.1. The average Bonchev–Trinajstić information content (AvgIpc) is 2.77. The van der Waals surface area contributed by atoms with Gasteiger partial charge in [-0.05, 0) is 30.3 Å². The highest BCUT2D eigenvalue weighted by atomic mass is 32.2. The molecule has 0 saturated carbocycles. The Balaban J connectivity index is 1.63. The smallest absolute Gasteiger partial charge is 0.264 e. The summed E-state index contributed by atoms with van der Waals surface area (Å²) in [7, 11) is 3.35. The van der Waals surface area contributed by atoms with E-state index >= 15 is 0 Å². The van der Waals surface area contributed by atoms with Crippen molar-refractivity contribution in [2.24, 2.45) is 0 Å². The summed E-state index contributed by atoms with van der Waals surface area (Å²) < 4.78 is 10.7. The predicted octanol–water partition coefficient (Wildman–Crippen LogP) is 3.28. The van der Waals surface area contributed by atoms with E-state index in [4.69, 9.17) is 9.47 Å². The van der Waals surface area contributed by atoms with Crippen LogP contribution in [0.15, 0.2) is 52.3 Å². The average molecular weight is 410 g/mol. The quantitative estimate of drug-likeness (QED) is 0.727. The van der Waals surface area contributed by atoms with Gasteiger partial charge in [0.05, 0.1) is 30.9 Å². The third-order valence-corrected chi connectivity index (χ3v) is 6.10. The highest BCUT2D eigenvalue weighted by molar-refractivity contribution is 8.04. The van der Waals surface area contributed by atoms with Gasteiger partial charge in [-0.1, -0.05) is 30.0 Å². The summed E-state index contributed by atoms with van der Waals surface area (Å²) in [5.74, 6) is 0.579. The third kappa shape index (κ3) is 3.88. The number of ether oxygens (including phenoxy) is 2. The summed E-state index contributed by atoms with van der Waals surface area (Å²) in [5.41, 5.74) is 2.18. The zero-order chi connectivity index (χ0) is 20.4. The fraction of sp³-hybridized carbons (Fsp3) is 0.273. The van der Waals surface area contributed by atoms with Crippen LogP contribution in [0.4, 0.5) is 5.69 Å². The van der Waals surface area contributed by atoms with Crippen molar-refractivity contribution in [3.63, 3.8) is 0 Å². The molecule has 150 valence electrons. The van der Waals surface area contributed by atoms with Crippen molar-refractivity contribution in [2.45, 2.75) is 4.90 Å². The second-order valence-electron chi connectivity index (χ2n) is 6.80. The van der Waals surface area contributed by atoms with Gasteiger partial charge < -0.3 is 19.3 Å². The summed E-state index contributed by atoms with van der Waals surface area (Å²) in [5, 5.41) is 0. The summed E-state index contributed by atoms with van der Waals surface area (Å²) in [6.07, 6.45) is 1.85. The van der Waals surface area contributed by atoms with Gasteiger partial charge in [-0.15, -0.1) is 0 Å². The van der Waals surface area contributed by atoms with E-state index in [-0.39, 0.29) is 11.8 Å². The minimum absolute atomic E-state index is 0.0303. The predicted molar refractivity (Wildman–Crippen MR) is 113 cm³/mol. The molecule has 6 nitrogen and oxygen atoms in total. The van der Waals surface area contributed by atoms with Crippen molar-refractivity contribution < 1.29 is 19.1 Å². The summed E-state index contributed by atoms with van der Waals surface area (Å²) in [4.78, 5) is 30.7. The highest BCUT2D eigenvalue weighted by Gasteiger charge is 2.28. The summed E-state index contributed by atoms with van der Waals surface area (Å²) >= 11 is 1.41. The van der Waals surface area contributed by atoms with E-state index in [0.29, 0.717) is 42.5 Å². The lowest BCUT2D eigenvalue weighted by Gasteiger charge is -2.29. The molecule has 0 unspecified atom stereocenters. The first-order valence-electron chi connectivity index (χ1n) is 9.40. The molecular weight excluding hydrogens is 388 g/mol. The molecule has 2 amide bonds. The van der Waals surface area contributed by atoms with Gasteiger partial charge in [0.15, 0.2) is 0 Å². The van der Waals surface area contributed by atoms with Gasteiger partial charge in [0.25, 0.3) is 11.8 Å². The molecule has 0 radical (unpaired) electrons. The van der Waals surface area contributed by atoms with Crippen molar-refractivity contribution in [2.75, 3.05) is 45.4 Å². The van der Waals surface area contributed by atoms with Crippen LogP contribution in [0, 0.1) is 0 Å². The molecule has 2 heterocycles. The van der Waals surface area contributed by atoms with Crippen LogP contribution in [-0.4, -0.2) is 57.2 Å². The van der Waals surface area contributed by atoms with E-state index < -0.39 is 0 Å². The van der Waals surface area contributed by atoms with E-state index in [1.54, 1.807) is 30.0 Å². The molecule has 7 heteroatoms. The van der Waals surface area contributed by atoms with E-state index in [1.165, 1.54) is 11.8 Å². The highest BCUT2D eigenvalue weighted by Crippen LogP contribution is 2.42. The number of fused-ring (bicyclic) bond motifs is 1. The van der Waals surface area contributed by atoms with Crippen LogP contribution in [0.3, 0.4) is 0 Å². The van der Waals surface area contributed by atoms with Gasteiger partial charge in [0.2, 0.25) is 0 Å². The Labute approximate surface area is 174 Å². The largest absolute Gasteiger partial charge is 0.496 e. The van der Waals surface area contributed by atoms with Crippen LogP contribution >= 0.6 is 11.8 Å². The first kappa shape index (κ1) is 19.5. The summed E-state index contributed by atoms with van der Waals surface area (Å²) in [6, 6.07) is 13.1. The fourth-order valence-electron chi connectivity index (χ4n) is 3.40. The van der Waals surface area contributed by atoms with Gasteiger partial charge in [-0.2, -0.15) is 0 Å². The van der Waals surface area contributed by atoms with Gasteiger partial charge in [0, 0.05) is 36.2 Å². The number of nitrogens with zero attached hydrogens (tertiary/aromatic N) is 2. The molecule has 0 atom stereocenters. The number of morpholine rings is 1. The molecule has 1 fully saturated rings. The van der Waals surface area contributed by atoms with Crippen LogP contribution in [0.2, 0.25) is 0 Å². The Kier molecular flexibility index (Phi) is 5.60. The normalized spacial score (nSPS) is 18.0. The standard InChI is InChI=1S/C22H22N2O4S/c1-23-17-13-16(21(25)24-9-11-28-12-10-24)7-8-19(17)29-20(22(23)26)14-15-5-3-4-6-18(15)27-2/h3-8,13-14H,9-12H2,1-2H3/b20-14-. The molecule has 2 aliphatic heterocycles. The summed E-state index contributed by atoms with van der Waals surface area (Å²) in [6.45, 7) is 2.29. The number of anilines is 1. The molecule has 4 rings (SSSR count). The van der Waals surface area contributed by atoms with Crippen LogP contribution in [0.25, 0.3) is 6.08 Å². The van der Waals surface area contributed by atoms with Gasteiger partial charge in [-0.3, -0.25) is 9.59 Å². The maximum absolute atomic E-state index is 13.0. The fourth-order valence-corrected chi connectivity index (χ4v) is 4.49. The zero-order valence-electron chi connectivity index (χ0n) is 16.4. The van der Waals surface area contributed by atoms with Crippen LogP contribution in [-0.2, 0) is 9.53 Å². The topological polar surface area (TPSA) is 59.1 Å². The maximum atomic E-state index is 13.0. The molecule has 29 heavy (non-hydrogen) atoms. The van der Waals surface area contributed by atoms with Crippen LogP contribution < -0.4 is 9.64 Å². The minimum atomic E-state index is -0.107. The van der Waals surface area contributed by atoms with E-state index in [2.05, 4.69) is 0 Å². The Hall–Kier alpha value is -2.77. The number of methoxy groups -OCH3 is 1. The number of para-hydroxylation sites is 1. The number of likely N-dealkylation sites (N-methyl/N-ethyl adjacent to an activating group) is 1. The molecule has 0 spiro atoms. The number of carbonyl (C=O) groups is 2. The molecule has 0 aromatic heterocycles. The minimum Gasteiger partial charge on any atom is -0.496 e. The molecular formula is C22H22N2O4S. The molecule has 0 aliphatic carbocycles. The number of hydrogen-bond acceptors (Lipinski definition) is 5. The number of amides is 2. The van der Waals surface area contributed by atoms with Gasteiger partial charge in [0.1, 0.15) is 5.75 Å². The first-order valence-corrected chi connectivity index (χ1v) is 10.2. The van der Waals surface area contributed by atoms with Crippen molar-refractivity contribution in [3.8, 4) is 5.75 Å². The number of benzene rings is 2. The second-order valence-corrected chi connectivity index (χ2v) is 7.89.